The van der Waals surface area contributed by atoms with Crippen molar-refractivity contribution in [2.45, 2.75) is 31.0 Å². The number of aromatic nitrogens is 2. The number of para-hydroxylation sites is 2. The summed E-state index contributed by atoms with van der Waals surface area (Å²) in [4.78, 5) is 13.8. The summed E-state index contributed by atoms with van der Waals surface area (Å²) in [5.74, 6) is 1.85. The molecule has 0 spiro atoms. The van der Waals surface area contributed by atoms with Gasteiger partial charge in [-0.15, -0.1) is 10.2 Å². The van der Waals surface area contributed by atoms with Crippen LogP contribution in [0.25, 0.3) is 0 Å². The van der Waals surface area contributed by atoms with Crippen LogP contribution in [0, 0.1) is 0 Å². The fourth-order valence-corrected chi connectivity index (χ4v) is 4.07. The van der Waals surface area contributed by atoms with E-state index in [0.717, 1.165) is 46.2 Å². The van der Waals surface area contributed by atoms with Crippen molar-refractivity contribution in [2.75, 3.05) is 31.3 Å². The molecule has 0 aliphatic carbocycles. The molecule has 6 nitrogen and oxygen atoms in total. The minimum Gasteiger partial charge on any atom is -0.495 e. The molecule has 1 aromatic heterocycles. The number of methoxy groups -OCH3 is 1. The van der Waals surface area contributed by atoms with Crippen molar-refractivity contribution in [2.24, 2.45) is 0 Å². The Morgan fingerprint density at radius 2 is 2.04 bits per heavy atom. The molecule has 1 aromatic carbocycles. The Morgan fingerprint density at radius 3 is 2.76 bits per heavy atom. The van der Waals surface area contributed by atoms with Gasteiger partial charge in [-0.25, -0.2) is 0 Å². The molecule has 0 aliphatic heterocycles. The molecule has 0 radical (unpaired) electrons. The third-order valence-corrected chi connectivity index (χ3v) is 5.69. The van der Waals surface area contributed by atoms with Crippen molar-refractivity contribution in [1.29, 1.82) is 0 Å². The molecule has 0 saturated carbocycles. The van der Waals surface area contributed by atoms with Crippen molar-refractivity contribution in [3.63, 3.8) is 0 Å². The molecule has 0 aliphatic rings. The van der Waals surface area contributed by atoms with Crippen LogP contribution in [0.1, 0.15) is 26.7 Å². The predicted molar refractivity (Wildman–Crippen MR) is 104 cm³/mol. The van der Waals surface area contributed by atoms with Gasteiger partial charge in [-0.05, 0) is 32.4 Å². The predicted octanol–water partition coefficient (Wildman–Crippen LogP) is 4.03. The average molecular weight is 381 g/mol. The average Bonchev–Trinajstić information content (AvgIpc) is 3.07. The Labute approximate surface area is 157 Å². The van der Waals surface area contributed by atoms with Crippen molar-refractivity contribution >= 4 is 39.8 Å². The molecule has 0 fully saturated rings. The van der Waals surface area contributed by atoms with Crippen LogP contribution in [0.2, 0.25) is 0 Å². The number of benzene rings is 1. The third kappa shape index (κ3) is 5.89. The van der Waals surface area contributed by atoms with Gasteiger partial charge in [-0.2, -0.15) is 0 Å². The lowest BCUT2D eigenvalue weighted by molar-refractivity contribution is -0.130. The Kier molecular flexibility index (Phi) is 8.00. The van der Waals surface area contributed by atoms with Crippen LogP contribution in [-0.2, 0) is 4.79 Å². The monoisotopic (exact) mass is 380 g/mol. The van der Waals surface area contributed by atoms with E-state index in [-0.39, 0.29) is 5.91 Å². The molecular formula is C17H24N4O2S2. The highest BCUT2D eigenvalue weighted by Crippen LogP contribution is 2.31. The molecule has 2 rings (SSSR count). The highest BCUT2D eigenvalue weighted by Gasteiger charge is 2.10. The minimum absolute atomic E-state index is 0.224. The van der Waals surface area contributed by atoms with Crippen molar-refractivity contribution in [3.05, 3.63) is 24.3 Å². The second kappa shape index (κ2) is 10.2. The zero-order chi connectivity index (χ0) is 18.1. The SMILES string of the molecule is CCN(CC)C(=O)CCCSc1nnc(Nc2ccccc2OC)s1. The number of hydrogen-bond donors (Lipinski definition) is 1. The lowest BCUT2D eigenvalue weighted by Crippen LogP contribution is -2.30. The molecule has 1 heterocycles. The van der Waals surface area contributed by atoms with E-state index >= 15 is 0 Å². The number of nitrogens with zero attached hydrogens (tertiary/aromatic N) is 3. The smallest absolute Gasteiger partial charge is 0.222 e. The molecule has 0 atom stereocenters. The lowest BCUT2D eigenvalue weighted by atomic mass is 10.3. The van der Waals surface area contributed by atoms with E-state index in [1.807, 2.05) is 43.0 Å². The number of thioether (sulfide) groups is 1. The second-order valence-electron chi connectivity index (χ2n) is 5.22. The normalized spacial score (nSPS) is 10.5. The summed E-state index contributed by atoms with van der Waals surface area (Å²) in [6.45, 7) is 5.56. The van der Waals surface area contributed by atoms with Crippen molar-refractivity contribution < 1.29 is 9.53 Å². The van der Waals surface area contributed by atoms with Gasteiger partial charge in [0.05, 0.1) is 12.8 Å². The van der Waals surface area contributed by atoms with Gasteiger partial charge in [0.2, 0.25) is 11.0 Å². The van der Waals surface area contributed by atoms with Crippen LogP contribution >= 0.6 is 23.1 Å². The highest BCUT2D eigenvalue weighted by molar-refractivity contribution is 8.01. The van der Waals surface area contributed by atoms with Crippen LogP contribution < -0.4 is 10.1 Å². The first-order valence-electron chi connectivity index (χ1n) is 8.32. The number of carbonyl (C=O) groups excluding carboxylic acids is 1. The van der Waals surface area contributed by atoms with E-state index in [9.17, 15) is 4.79 Å². The fourth-order valence-electron chi connectivity index (χ4n) is 2.30. The Balaban J connectivity index is 1.79. The second-order valence-corrected chi connectivity index (χ2v) is 7.54. The first kappa shape index (κ1) is 19.5. The molecular weight excluding hydrogens is 356 g/mol. The quantitative estimate of drug-likeness (QED) is 0.496. The number of nitrogens with one attached hydrogen (secondary N) is 1. The number of amides is 1. The molecule has 0 bridgehead atoms. The molecule has 2 aromatic rings. The Morgan fingerprint density at radius 1 is 1.28 bits per heavy atom. The van der Waals surface area contributed by atoms with E-state index in [4.69, 9.17) is 4.74 Å². The van der Waals surface area contributed by atoms with Gasteiger partial charge < -0.3 is 15.0 Å². The van der Waals surface area contributed by atoms with E-state index < -0.39 is 0 Å². The fraction of sp³-hybridized carbons (Fsp3) is 0.471. The molecule has 0 saturated heterocycles. The van der Waals surface area contributed by atoms with Gasteiger partial charge in [-0.3, -0.25) is 4.79 Å². The number of rotatable bonds is 10. The van der Waals surface area contributed by atoms with Gasteiger partial charge in [0.1, 0.15) is 5.75 Å². The highest BCUT2D eigenvalue weighted by atomic mass is 32.2. The first-order valence-corrected chi connectivity index (χ1v) is 10.1. The van der Waals surface area contributed by atoms with Gasteiger partial charge in [0.25, 0.3) is 0 Å². The summed E-state index contributed by atoms with van der Waals surface area (Å²) in [5, 5.41) is 12.3. The summed E-state index contributed by atoms with van der Waals surface area (Å²) in [7, 11) is 1.64. The molecule has 0 unspecified atom stereocenters. The topological polar surface area (TPSA) is 67.4 Å². The molecule has 25 heavy (non-hydrogen) atoms. The molecule has 1 N–H and O–H groups in total. The Bertz CT molecular complexity index is 674. The maximum absolute atomic E-state index is 12.0. The first-order chi connectivity index (χ1) is 12.2. The molecule has 1 amide bonds. The van der Waals surface area contributed by atoms with Gasteiger partial charge >= 0.3 is 0 Å². The maximum atomic E-state index is 12.0. The van der Waals surface area contributed by atoms with Crippen LogP contribution in [-0.4, -0.2) is 47.0 Å². The number of ether oxygens (including phenoxy) is 1. The van der Waals surface area contributed by atoms with Crippen molar-refractivity contribution in [3.8, 4) is 5.75 Å². The molecule has 8 heteroatoms. The van der Waals surface area contributed by atoms with E-state index in [0.29, 0.717) is 6.42 Å². The van der Waals surface area contributed by atoms with E-state index in [1.165, 1.54) is 11.3 Å². The van der Waals surface area contributed by atoms with Crippen LogP contribution in [0.3, 0.4) is 0 Å². The lowest BCUT2D eigenvalue weighted by Gasteiger charge is -2.18. The van der Waals surface area contributed by atoms with E-state index in [1.54, 1.807) is 18.9 Å². The number of carbonyl (C=O) groups is 1. The van der Waals surface area contributed by atoms with Crippen molar-refractivity contribution in [1.82, 2.24) is 15.1 Å². The minimum atomic E-state index is 0.224. The third-order valence-electron chi connectivity index (χ3n) is 3.63. The zero-order valence-electron chi connectivity index (χ0n) is 14.8. The zero-order valence-corrected chi connectivity index (χ0v) is 16.5. The maximum Gasteiger partial charge on any atom is 0.222 e. The summed E-state index contributed by atoms with van der Waals surface area (Å²) in [6.07, 6.45) is 1.43. The summed E-state index contributed by atoms with van der Waals surface area (Å²) >= 11 is 3.13. The van der Waals surface area contributed by atoms with Crippen LogP contribution in [0.4, 0.5) is 10.8 Å². The van der Waals surface area contributed by atoms with Crippen LogP contribution in [0.15, 0.2) is 28.6 Å². The number of anilines is 2. The van der Waals surface area contributed by atoms with Gasteiger partial charge in [0, 0.05) is 25.3 Å². The summed E-state index contributed by atoms with van der Waals surface area (Å²) < 4.78 is 6.21. The van der Waals surface area contributed by atoms with Gasteiger partial charge in [0.15, 0.2) is 4.34 Å². The van der Waals surface area contributed by atoms with Gasteiger partial charge in [-0.1, -0.05) is 35.2 Å². The molecule has 136 valence electrons. The van der Waals surface area contributed by atoms with Crippen LogP contribution in [0.5, 0.6) is 5.75 Å². The standard InChI is InChI=1S/C17H24N4O2S2/c1-4-21(5-2)15(22)11-8-12-24-17-20-19-16(25-17)18-13-9-6-7-10-14(13)23-3/h6-7,9-10H,4-5,8,11-12H2,1-3H3,(H,18,19). The summed E-state index contributed by atoms with van der Waals surface area (Å²) in [5.41, 5.74) is 0.863. The Hall–Kier alpha value is -1.80. The number of hydrogen-bond acceptors (Lipinski definition) is 7. The largest absolute Gasteiger partial charge is 0.495 e. The summed E-state index contributed by atoms with van der Waals surface area (Å²) in [6, 6.07) is 7.69. The van der Waals surface area contributed by atoms with E-state index in [2.05, 4.69) is 15.5 Å².